The molecule has 0 aliphatic carbocycles. The van der Waals surface area contributed by atoms with E-state index in [2.05, 4.69) is 21.2 Å². The lowest BCUT2D eigenvalue weighted by Gasteiger charge is -2.13. The normalized spacial score (nSPS) is 10.3. The lowest BCUT2D eigenvalue weighted by molar-refractivity contribution is -0.118. The fraction of sp³-hybridized carbons (Fsp3) is 0.188. The number of anilines is 1. The van der Waals surface area contributed by atoms with Gasteiger partial charge in [0, 0.05) is 5.02 Å². The van der Waals surface area contributed by atoms with Crippen LogP contribution in [0.25, 0.3) is 0 Å². The quantitative estimate of drug-likeness (QED) is 0.703. The van der Waals surface area contributed by atoms with E-state index in [9.17, 15) is 4.79 Å². The maximum atomic E-state index is 12.1. The number of para-hydroxylation sites is 2. The molecule has 2 aromatic carbocycles. The zero-order chi connectivity index (χ0) is 16.8. The average molecular weight is 419 g/mol. The van der Waals surface area contributed by atoms with E-state index >= 15 is 0 Å². The van der Waals surface area contributed by atoms with Crippen molar-refractivity contribution in [2.75, 3.05) is 18.5 Å². The van der Waals surface area contributed by atoms with Crippen LogP contribution in [-0.4, -0.2) is 19.1 Å². The third-order valence-corrected chi connectivity index (χ3v) is 3.86. The van der Waals surface area contributed by atoms with Gasteiger partial charge in [-0.15, -0.1) is 0 Å². The predicted molar refractivity (Wildman–Crippen MR) is 95.9 cm³/mol. The molecule has 4 nitrogen and oxygen atoms in total. The predicted octanol–water partition coefficient (Wildman–Crippen LogP) is 5.17. The van der Waals surface area contributed by atoms with Crippen LogP contribution in [0.4, 0.5) is 5.69 Å². The molecule has 0 bridgehead atoms. The van der Waals surface area contributed by atoms with Gasteiger partial charge in [0.25, 0.3) is 5.91 Å². The molecule has 0 radical (unpaired) electrons. The van der Waals surface area contributed by atoms with Crippen molar-refractivity contribution in [3.63, 3.8) is 0 Å². The van der Waals surface area contributed by atoms with Crippen molar-refractivity contribution in [3.8, 4) is 11.5 Å². The number of halogens is 3. The van der Waals surface area contributed by atoms with Gasteiger partial charge in [0.2, 0.25) is 0 Å². The van der Waals surface area contributed by atoms with Gasteiger partial charge in [-0.3, -0.25) is 4.79 Å². The summed E-state index contributed by atoms with van der Waals surface area (Å²) in [5.41, 5.74) is 0.587. The Morgan fingerprint density at radius 3 is 2.65 bits per heavy atom. The first-order valence-corrected chi connectivity index (χ1v) is 8.35. The van der Waals surface area contributed by atoms with Crippen molar-refractivity contribution >= 4 is 50.7 Å². The maximum absolute atomic E-state index is 12.1. The molecular formula is C16H14BrCl2NO3. The van der Waals surface area contributed by atoms with Gasteiger partial charge in [0.15, 0.2) is 12.4 Å². The highest BCUT2D eigenvalue weighted by molar-refractivity contribution is 9.10. The van der Waals surface area contributed by atoms with Gasteiger partial charge in [0.05, 0.1) is 21.8 Å². The molecule has 0 aliphatic rings. The minimum absolute atomic E-state index is 0.194. The van der Waals surface area contributed by atoms with E-state index in [1.165, 1.54) is 0 Å². The molecule has 0 aromatic heterocycles. The van der Waals surface area contributed by atoms with Crippen LogP contribution < -0.4 is 14.8 Å². The smallest absolute Gasteiger partial charge is 0.262 e. The second-order valence-electron chi connectivity index (χ2n) is 4.46. The van der Waals surface area contributed by atoms with Crippen molar-refractivity contribution in [2.45, 2.75) is 6.92 Å². The molecule has 1 N–H and O–H groups in total. The van der Waals surface area contributed by atoms with Crippen molar-refractivity contribution in [2.24, 2.45) is 0 Å². The molecule has 122 valence electrons. The molecule has 0 spiro atoms. The molecule has 1 amide bonds. The lowest BCUT2D eigenvalue weighted by Crippen LogP contribution is -2.20. The Bertz CT molecular complexity index is 686. The van der Waals surface area contributed by atoms with Crippen molar-refractivity contribution < 1.29 is 14.3 Å². The van der Waals surface area contributed by atoms with E-state index in [4.69, 9.17) is 32.7 Å². The van der Waals surface area contributed by atoms with Crippen molar-refractivity contribution in [1.29, 1.82) is 0 Å². The van der Waals surface area contributed by atoms with E-state index in [0.717, 1.165) is 0 Å². The summed E-state index contributed by atoms with van der Waals surface area (Å²) in [6, 6.07) is 10.4. The topological polar surface area (TPSA) is 47.6 Å². The molecule has 2 aromatic rings. The molecule has 7 heteroatoms. The van der Waals surface area contributed by atoms with Gasteiger partial charge in [-0.25, -0.2) is 0 Å². The summed E-state index contributed by atoms with van der Waals surface area (Å²) in [4.78, 5) is 12.1. The number of benzene rings is 2. The number of hydrogen-bond acceptors (Lipinski definition) is 3. The van der Waals surface area contributed by atoms with Crippen LogP contribution in [0.3, 0.4) is 0 Å². The van der Waals surface area contributed by atoms with E-state index in [1.807, 2.05) is 19.1 Å². The van der Waals surface area contributed by atoms with Crippen LogP contribution in [0.2, 0.25) is 10.0 Å². The summed E-state index contributed by atoms with van der Waals surface area (Å²) in [6.07, 6.45) is 0. The molecule has 0 saturated heterocycles. The molecule has 23 heavy (non-hydrogen) atoms. The monoisotopic (exact) mass is 417 g/mol. The van der Waals surface area contributed by atoms with Gasteiger partial charge in [-0.05, 0) is 47.1 Å². The molecule has 0 unspecified atom stereocenters. The summed E-state index contributed by atoms with van der Waals surface area (Å²) in [7, 11) is 0. The first-order valence-electron chi connectivity index (χ1n) is 6.80. The van der Waals surface area contributed by atoms with Gasteiger partial charge in [-0.1, -0.05) is 35.3 Å². The number of amides is 1. The Hall–Kier alpha value is -1.43. The van der Waals surface area contributed by atoms with Crippen molar-refractivity contribution in [1.82, 2.24) is 0 Å². The number of ether oxygens (including phenoxy) is 2. The van der Waals surface area contributed by atoms with Crippen LogP contribution in [0.1, 0.15) is 6.92 Å². The Kier molecular flexibility index (Phi) is 6.57. The van der Waals surface area contributed by atoms with E-state index in [-0.39, 0.29) is 12.5 Å². The molecular weight excluding hydrogens is 405 g/mol. The van der Waals surface area contributed by atoms with Gasteiger partial charge < -0.3 is 14.8 Å². The zero-order valence-electron chi connectivity index (χ0n) is 12.2. The first-order chi connectivity index (χ1) is 11.0. The summed E-state index contributed by atoms with van der Waals surface area (Å²) in [5, 5.41) is 3.54. The number of hydrogen-bond donors (Lipinski definition) is 1. The summed E-state index contributed by atoms with van der Waals surface area (Å²) >= 11 is 15.2. The number of carbonyl (C=O) groups excluding carboxylic acids is 1. The van der Waals surface area contributed by atoms with Crippen LogP contribution in [0.5, 0.6) is 11.5 Å². The SMILES string of the molecule is CCOc1ccccc1NC(=O)COc1c(Cl)cc(Cl)cc1Br. The Balaban J connectivity index is 2.01. The summed E-state index contributed by atoms with van der Waals surface area (Å²) in [6.45, 7) is 2.19. The second-order valence-corrected chi connectivity index (χ2v) is 6.16. The van der Waals surface area contributed by atoms with Gasteiger partial charge >= 0.3 is 0 Å². The van der Waals surface area contributed by atoms with Crippen molar-refractivity contribution in [3.05, 3.63) is 50.9 Å². The molecule has 0 atom stereocenters. The van der Waals surface area contributed by atoms with E-state index in [1.54, 1.807) is 24.3 Å². The van der Waals surface area contributed by atoms with Gasteiger partial charge in [-0.2, -0.15) is 0 Å². The van der Waals surface area contributed by atoms with Crippen LogP contribution in [0, 0.1) is 0 Å². The average Bonchev–Trinajstić information content (AvgIpc) is 2.48. The highest BCUT2D eigenvalue weighted by atomic mass is 79.9. The zero-order valence-corrected chi connectivity index (χ0v) is 15.3. The molecule has 2 rings (SSSR count). The Morgan fingerprint density at radius 2 is 1.96 bits per heavy atom. The van der Waals surface area contributed by atoms with Crippen LogP contribution in [-0.2, 0) is 4.79 Å². The standard InChI is InChI=1S/C16H14BrCl2NO3/c1-2-22-14-6-4-3-5-13(14)20-15(21)9-23-16-11(17)7-10(18)8-12(16)19/h3-8H,2,9H2,1H3,(H,20,21). The fourth-order valence-corrected chi connectivity index (χ4v) is 3.21. The van der Waals surface area contributed by atoms with E-state index < -0.39 is 0 Å². The minimum Gasteiger partial charge on any atom is -0.492 e. The molecule has 0 heterocycles. The maximum Gasteiger partial charge on any atom is 0.262 e. The summed E-state index contributed by atoms with van der Waals surface area (Å²) in [5.74, 6) is 0.647. The fourth-order valence-electron chi connectivity index (χ4n) is 1.84. The number of carbonyl (C=O) groups is 1. The summed E-state index contributed by atoms with van der Waals surface area (Å²) < 4.78 is 11.5. The lowest BCUT2D eigenvalue weighted by atomic mass is 10.3. The van der Waals surface area contributed by atoms with Crippen LogP contribution >= 0.6 is 39.1 Å². The first kappa shape index (κ1) is 17.9. The third-order valence-electron chi connectivity index (χ3n) is 2.77. The largest absolute Gasteiger partial charge is 0.492 e. The number of nitrogens with one attached hydrogen (secondary N) is 1. The third kappa shape index (κ3) is 5.03. The van der Waals surface area contributed by atoms with Gasteiger partial charge in [0.1, 0.15) is 5.75 Å². The number of rotatable bonds is 6. The molecule has 0 aliphatic heterocycles. The highest BCUT2D eigenvalue weighted by Crippen LogP contribution is 2.36. The molecule has 0 fully saturated rings. The highest BCUT2D eigenvalue weighted by Gasteiger charge is 2.12. The Morgan fingerprint density at radius 1 is 1.22 bits per heavy atom. The minimum atomic E-state index is -0.324. The Labute approximate surface area is 152 Å². The molecule has 0 saturated carbocycles. The second kappa shape index (κ2) is 8.43. The van der Waals surface area contributed by atoms with E-state index in [0.29, 0.717) is 38.3 Å². The van der Waals surface area contributed by atoms with Crippen LogP contribution in [0.15, 0.2) is 40.9 Å².